The normalized spacial score (nSPS) is 21.1. The van der Waals surface area contributed by atoms with Gasteiger partial charge in [-0.1, -0.05) is 6.07 Å². The number of thioether (sulfide) groups is 1. The number of hydrogen-bond donors (Lipinski definition) is 1. The number of halogens is 1. The van der Waals surface area contributed by atoms with E-state index in [-0.39, 0.29) is 0 Å². The number of benzene rings is 1. The number of anilines is 1. The molecule has 1 atom stereocenters. The van der Waals surface area contributed by atoms with Crippen LogP contribution >= 0.6 is 34.4 Å². The monoisotopic (exact) mass is 319 g/mol. The lowest BCUT2D eigenvalue weighted by Gasteiger charge is -2.11. The summed E-state index contributed by atoms with van der Waals surface area (Å²) >= 11 is 4.43. The first-order valence-corrected chi connectivity index (χ1v) is 7.15. The first-order chi connectivity index (χ1) is 6.84. The van der Waals surface area contributed by atoms with Gasteiger partial charge in [0.1, 0.15) is 0 Å². The van der Waals surface area contributed by atoms with Crippen LogP contribution in [0.1, 0.15) is 6.42 Å². The van der Waals surface area contributed by atoms with Crippen LogP contribution in [-0.2, 0) is 0 Å². The summed E-state index contributed by atoms with van der Waals surface area (Å²) in [6.07, 6.45) is 1.38. The zero-order chi connectivity index (χ0) is 9.80. The molecular formula is C11H14INS. The molecule has 1 N–H and O–H groups in total. The Bertz CT molecular complexity index is 297. The molecule has 0 aliphatic carbocycles. The van der Waals surface area contributed by atoms with Gasteiger partial charge in [-0.25, -0.2) is 0 Å². The Hall–Kier alpha value is 0.1000. The maximum absolute atomic E-state index is 3.51. The van der Waals surface area contributed by atoms with E-state index in [1.165, 1.54) is 27.2 Å². The molecule has 0 amide bonds. The molecule has 1 aliphatic heterocycles. The molecule has 0 spiro atoms. The minimum Gasteiger partial charge on any atom is -0.385 e. The Balaban J connectivity index is 1.85. The Labute approximate surface area is 103 Å². The average molecular weight is 319 g/mol. The molecule has 0 aromatic heterocycles. The van der Waals surface area contributed by atoms with Gasteiger partial charge in [-0.3, -0.25) is 0 Å². The Morgan fingerprint density at radius 1 is 1.50 bits per heavy atom. The minimum atomic E-state index is 0.873. The van der Waals surface area contributed by atoms with Crippen molar-refractivity contribution in [2.24, 2.45) is 5.92 Å². The molecule has 76 valence electrons. The second-order valence-electron chi connectivity index (χ2n) is 3.62. The summed E-state index contributed by atoms with van der Waals surface area (Å²) in [4.78, 5) is 0. The lowest BCUT2D eigenvalue weighted by atomic mass is 10.1. The van der Waals surface area contributed by atoms with Crippen LogP contribution in [0.5, 0.6) is 0 Å². The third-order valence-electron chi connectivity index (χ3n) is 2.44. The second-order valence-corrected chi connectivity index (χ2v) is 6.02. The molecule has 1 aromatic rings. The van der Waals surface area contributed by atoms with Gasteiger partial charge in [-0.15, -0.1) is 0 Å². The third-order valence-corrected chi connectivity index (χ3v) is 4.35. The first kappa shape index (κ1) is 10.6. The van der Waals surface area contributed by atoms with Gasteiger partial charge in [0.25, 0.3) is 0 Å². The summed E-state index contributed by atoms with van der Waals surface area (Å²) in [6, 6.07) is 8.57. The van der Waals surface area contributed by atoms with E-state index >= 15 is 0 Å². The molecule has 2 rings (SSSR count). The summed E-state index contributed by atoms with van der Waals surface area (Å²) < 4.78 is 1.30. The molecule has 1 saturated heterocycles. The highest BCUT2D eigenvalue weighted by molar-refractivity contribution is 14.1. The predicted octanol–water partition coefficient (Wildman–Crippen LogP) is 3.46. The smallest absolute Gasteiger partial charge is 0.0350 e. The van der Waals surface area contributed by atoms with Crippen molar-refractivity contribution in [1.29, 1.82) is 0 Å². The SMILES string of the molecule is Ic1cccc(NCC2CCSC2)c1. The fourth-order valence-corrected chi connectivity index (χ4v) is 3.43. The van der Waals surface area contributed by atoms with E-state index in [0.29, 0.717) is 0 Å². The van der Waals surface area contributed by atoms with Gasteiger partial charge in [0.15, 0.2) is 0 Å². The van der Waals surface area contributed by atoms with E-state index in [2.05, 4.69) is 63.9 Å². The van der Waals surface area contributed by atoms with Gasteiger partial charge in [0, 0.05) is 15.8 Å². The maximum Gasteiger partial charge on any atom is 0.0350 e. The van der Waals surface area contributed by atoms with Crippen LogP contribution in [0.4, 0.5) is 5.69 Å². The van der Waals surface area contributed by atoms with Gasteiger partial charge in [-0.2, -0.15) is 11.8 Å². The van der Waals surface area contributed by atoms with Crippen LogP contribution in [-0.4, -0.2) is 18.1 Å². The predicted molar refractivity (Wildman–Crippen MR) is 73.1 cm³/mol. The summed E-state index contributed by atoms with van der Waals surface area (Å²) in [6.45, 7) is 1.13. The van der Waals surface area contributed by atoms with Crippen molar-refractivity contribution < 1.29 is 0 Å². The molecule has 1 aromatic carbocycles. The topological polar surface area (TPSA) is 12.0 Å². The molecule has 3 heteroatoms. The molecular weight excluding hydrogens is 305 g/mol. The zero-order valence-corrected chi connectivity index (χ0v) is 11.0. The average Bonchev–Trinajstić information content (AvgIpc) is 2.67. The largest absolute Gasteiger partial charge is 0.385 e. The van der Waals surface area contributed by atoms with Crippen molar-refractivity contribution in [3.05, 3.63) is 27.8 Å². The van der Waals surface area contributed by atoms with E-state index in [4.69, 9.17) is 0 Å². The van der Waals surface area contributed by atoms with E-state index in [9.17, 15) is 0 Å². The van der Waals surface area contributed by atoms with Crippen molar-refractivity contribution in [2.45, 2.75) is 6.42 Å². The van der Waals surface area contributed by atoms with Gasteiger partial charge < -0.3 is 5.32 Å². The highest BCUT2D eigenvalue weighted by Gasteiger charge is 2.14. The number of hydrogen-bond acceptors (Lipinski definition) is 2. The summed E-state index contributed by atoms with van der Waals surface area (Å²) in [5.41, 5.74) is 1.26. The molecule has 1 fully saturated rings. The molecule has 0 bridgehead atoms. The first-order valence-electron chi connectivity index (χ1n) is 4.92. The van der Waals surface area contributed by atoms with E-state index in [1.54, 1.807) is 0 Å². The second kappa shape index (κ2) is 5.26. The van der Waals surface area contributed by atoms with Crippen LogP contribution in [0.15, 0.2) is 24.3 Å². The Morgan fingerprint density at radius 2 is 2.43 bits per heavy atom. The molecule has 1 nitrogen and oxygen atoms in total. The van der Waals surface area contributed by atoms with Gasteiger partial charge >= 0.3 is 0 Å². The fraction of sp³-hybridized carbons (Fsp3) is 0.455. The van der Waals surface area contributed by atoms with E-state index in [1.807, 2.05) is 0 Å². The van der Waals surface area contributed by atoms with Crippen LogP contribution in [0, 0.1) is 9.49 Å². The summed E-state index contributed by atoms with van der Waals surface area (Å²) in [5, 5.41) is 3.51. The zero-order valence-electron chi connectivity index (χ0n) is 8.00. The quantitative estimate of drug-likeness (QED) is 0.857. The minimum absolute atomic E-state index is 0.873. The lowest BCUT2D eigenvalue weighted by Crippen LogP contribution is -2.13. The van der Waals surface area contributed by atoms with Crippen molar-refractivity contribution in [2.75, 3.05) is 23.4 Å². The molecule has 0 saturated carbocycles. The number of nitrogens with one attached hydrogen (secondary N) is 1. The summed E-state index contributed by atoms with van der Waals surface area (Å²) in [5.74, 6) is 3.55. The van der Waals surface area contributed by atoms with Crippen molar-refractivity contribution in [1.82, 2.24) is 0 Å². The van der Waals surface area contributed by atoms with Gasteiger partial charge in [-0.05, 0) is 64.6 Å². The molecule has 0 radical (unpaired) electrons. The van der Waals surface area contributed by atoms with Gasteiger partial charge in [0.2, 0.25) is 0 Å². The van der Waals surface area contributed by atoms with E-state index < -0.39 is 0 Å². The third kappa shape index (κ3) is 3.05. The lowest BCUT2D eigenvalue weighted by molar-refractivity contribution is 0.632. The van der Waals surface area contributed by atoms with Crippen molar-refractivity contribution >= 4 is 40.0 Å². The molecule has 14 heavy (non-hydrogen) atoms. The Kier molecular flexibility index (Phi) is 3.99. The summed E-state index contributed by atoms with van der Waals surface area (Å²) in [7, 11) is 0. The molecule has 1 aliphatic rings. The van der Waals surface area contributed by atoms with Crippen molar-refractivity contribution in [3.8, 4) is 0 Å². The van der Waals surface area contributed by atoms with Crippen LogP contribution < -0.4 is 5.32 Å². The standard InChI is InChI=1S/C11H14INS/c12-10-2-1-3-11(6-10)13-7-9-4-5-14-8-9/h1-3,6,9,13H,4-5,7-8H2. The molecule has 1 heterocycles. The Morgan fingerprint density at radius 3 is 3.14 bits per heavy atom. The van der Waals surface area contributed by atoms with Gasteiger partial charge in [0.05, 0.1) is 0 Å². The van der Waals surface area contributed by atoms with E-state index in [0.717, 1.165) is 12.5 Å². The highest BCUT2D eigenvalue weighted by Crippen LogP contribution is 2.23. The van der Waals surface area contributed by atoms with Crippen LogP contribution in [0.3, 0.4) is 0 Å². The maximum atomic E-state index is 3.51. The fourth-order valence-electron chi connectivity index (χ4n) is 1.60. The molecule has 1 unspecified atom stereocenters. The number of rotatable bonds is 3. The van der Waals surface area contributed by atoms with Crippen LogP contribution in [0.25, 0.3) is 0 Å². The van der Waals surface area contributed by atoms with Crippen LogP contribution in [0.2, 0.25) is 0 Å². The highest BCUT2D eigenvalue weighted by atomic mass is 127. The van der Waals surface area contributed by atoms with Crippen molar-refractivity contribution in [3.63, 3.8) is 0 Å².